The van der Waals surface area contributed by atoms with Gasteiger partial charge < -0.3 is 4.79 Å². The van der Waals surface area contributed by atoms with Crippen LogP contribution in [0.1, 0.15) is 29.1 Å². The summed E-state index contributed by atoms with van der Waals surface area (Å²) < 4.78 is 1.03. The Morgan fingerprint density at radius 3 is 2.94 bits per heavy atom. The maximum atomic E-state index is 11.7. The number of carbonyl (C=O) groups excluding carboxylic acids is 2. The summed E-state index contributed by atoms with van der Waals surface area (Å²) in [5.74, 6) is 0.0306. The summed E-state index contributed by atoms with van der Waals surface area (Å²) >= 11 is 1.41. The van der Waals surface area contributed by atoms with Gasteiger partial charge in [0.05, 0.1) is 10.2 Å². The van der Waals surface area contributed by atoms with Gasteiger partial charge in [0.15, 0.2) is 10.8 Å². The zero-order valence-corrected chi connectivity index (χ0v) is 9.50. The molecule has 1 heterocycles. The zero-order valence-electron chi connectivity index (χ0n) is 8.68. The normalized spacial score (nSPS) is 10.5. The van der Waals surface area contributed by atoms with Crippen molar-refractivity contribution < 1.29 is 9.59 Å². The lowest BCUT2D eigenvalue weighted by atomic mass is 10.2. The van der Waals surface area contributed by atoms with Crippen LogP contribution >= 0.6 is 11.3 Å². The lowest BCUT2D eigenvalue weighted by Gasteiger charge is -1.92. The highest BCUT2D eigenvalue weighted by atomic mass is 32.1. The molecule has 2 aromatic rings. The Balaban J connectivity index is 2.13. The Morgan fingerprint density at radius 1 is 1.38 bits per heavy atom. The molecule has 0 aliphatic heterocycles. The van der Waals surface area contributed by atoms with Crippen molar-refractivity contribution in [3.8, 4) is 0 Å². The number of aromatic nitrogens is 1. The molecule has 0 amide bonds. The van der Waals surface area contributed by atoms with Crippen molar-refractivity contribution in [3.63, 3.8) is 0 Å². The molecule has 0 N–H and O–H groups in total. The number of para-hydroxylation sites is 1. The van der Waals surface area contributed by atoms with Gasteiger partial charge in [0.25, 0.3) is 0 Å². The van der Waals surface area contributed by atoms with Gasteiger partial charge in [-0.2, -0.15) is 0 Å². The summed E-state index contributed by atoms with van der Waals surface area (Å²) in [4.78, 5) is 26.1. The molecular formula is C12H11NO2S. The van der Waals surface area contributed by atoms with E-state index in [9.17, 15) is 9.59 Å². The molecule has 82 valence electrons. The minimum absolute atomic E-state index is 0.0306. The predicted octanol–water partition coefficient (Wildman–Crippen LogP) is 2.85. The first-order chi connectivity index (χ1) is 7.81. The van der Waals surface area contributed by atoms with E-state index in [4.69, 9.17) is 0 Å². The van der Waals surface area contributed by atoms with Crippen LogP contribution in [0.25, 0.3) is 10.2 Å². The van der Waals surface area contributed by atoms with E-state index in [1.165, 1.54) is 11.3 Å². The summed E-state index contributed by atoms with van der Waals surface area (Å²) in [5, 5.41) is 0.548. The molecule has 0 saturated heterocycles. The van der Waals surface area contributed by atoms with Gasteiger partial charge in [-0.05, 0) is 18.6 Å². The summed E-state index contributed by atoms with van der Waals surface area (Å²) in [6.07, 6.45) is 2.29. The van der Waals surface area contributed by atoms with Crippen molar-refractivity contribution in [1.29, 1.82) is 0 Å². The summed E-state index contributed by atoms with van der Waals surface area (Å²) in [7, 11) is 0. The van der Waals surface area contributed by atoms with Crippen molar-refractivity contribution in [2.45, 2.75) is 19.3 Å². The monoisotopic (exact) mass is 233 g/mol. The van der Waals surface area contributed by atoms with Crippen molar-refractivity contribution in [3.05, 3.63) is 29.3 Å². The predicted molar refractivity (Wildman–Crippen MR) is 63.9 cm³/mol. The summed E-state index contributed by atoms with van der Waals surface area (Å²) in [5.41, 5.74) is 0.867. The van der Waals surface area contributed by atoms with Crippen LogP contribution in [0.3, 0.4) is 0 Å². The third-order valence-electron chi connectivity index (χ3n) is 2.26. The fourth-order valence-electron chi connectivity index (χ4n) is 1.44. The number of ketones is 1. The molecule has 0 aliphatic rings. The molecule has 16 heavy (non-hydrogen) atoms. The molecule has 0 spiro atoms. The van der Waals surface area contributed by atoms with Crippen LogP contribution in [-0.2, 0) is 4.79 Å². The minimum atomic E-state index is 0.0306. The van der Waals surface area contributed by atoms with E-state index in [0.717, 1.165) is 16.5 Å². The molecule has 0 radical (unpaired) electrons. The van der Waals surface area contributed by atoms with E-state index in [1.54, 1.807) is 0 Å². The zero-order chi connectivity index (χ0) is 11.4. The average Bonchev–Trinajstić information content (AvgIpc) is 2.73. The third kappa shape index (κ3) is 2.33. The van der Waals surface area contributed by atoms with Gasteiger partial charge in [0, 0.05) is 12.8 Å². The number of thiazole rings is 1. The van der Waals surface area contributed by atoms with Gasteiger partial charge in [-0.25, -0.2) is 4.98 Å². The number of carbonyl (C=O) groups is 2. The van der Waals surface area contributed by atoms with Crippen LogP contribution in [0.2, 0.25) is 0 Å². The fourth-order valence-corrected chi connectivity index (χ4v) is 2.38. The Labute approximate surface area is 97.1 Å². The molecule has 0 saturated carbocycles. The molecule has 4 heteroatoms. The number of fused-ring (bicyclic) bond motifs is 1. The van der Waals surface area contributed by atoms with Crippen LogP contribution in [0.5, 0.6) is 0 Å². The van der Waals surface area contributed by atoms with Crippen LogP contribution in [0, 0.1) is 0 Å². The van der Waals surface area contributed by atoms with Crippen LogP contribution in [0.15, 0.2) is 24.3 Å². The van der Waals surface area contributed by atoms with Crippen LogP contribution in [0.4, 0.5) is 0 Å². The summed E-state index contributed by atoms with van der Waals surface area (Å²) in [6.45, 7) is 0. The Kier molecular flexibility index (Phi) is 3.41. The second kappa shape index (κ2) is 4.99. The average molecular weight is 233 g/mol. The van der Waals surface area contributed by atoms with Gasteiger partial charge >= 0.3 is 0 Å². The second-order valence-electron chi connectivity index (χ2n) is 3.47. The molecule has 1 aromatic carbocycles. The maximum absolute atomic E-state index is 11.7. The first kappa shape index (κ1) is 11.0. The van der Waals surface area contributed by atoms with E-state index in [-0.39, 0.29) is 5.78 Å². The Morgan fingerprint density at radius 2 is 2.19 bits per heavy atom. The van der Waals surface area contributed by atoms with Crippen LogP contribution < -0.4 is 0 Å². The quantitative estimate of drug-likeness (QED) is 0.453. The number of rotatable bonds is 5. The number of aldehydes is 1. The van der Waals surface area contributed by atoms with Gasteiger partial charge in [-0.3, -0.25) is 4.79 Å². The number of hydrogen-bond acceptors (Lipinski definition) is 4. The standard InChI is InChI=1S/C12H11NO2S/c14-8-4-3-6-10(15)12-13-9-5-1-2-7-11(9)16-12/h1-2,5,7-8H,3-4,6H2. The number of hydrogen-bond donors (Lipinski definition) is 0. The van der Waals surface area contributed by atoms with E-state index >= 15 is 0 Å². The molecule has 0 unspecified atom stereocenters. The van der Waals surface area contributed by atoms with Crippen molar-refractivity contribution in [2.24, 2.45) is 0 Å². The number of nitrogens with zero attached hydrogens (tertiary/aromatic N) is 1. The molecule has 0 fully saturated rings. The van der Waals surface area contributed by atoms with E-state index in [0.29, 0.717) is 24.3 Å². The fraction of sp³-hybridized carbons (Fsp3) is 0.250. The maximum Gasteiger partial charge on any atom is 0.191 e. The van der Waals surface area contributed by atoms with Gasteiger partial charge in [-0.1, -0.05) is 12.1 Å². The number of Topliss-reactive ketones (excluding diaryl/α,β-unsaturated/α-hetero) is 1. The van der Waals surface area contributed by atoms with E-state index in [1.807, 2.05) is 24.3 Å². The molecule has 0 aliphatic carbocycles. The van der Waals surface area contributed by atoms with Gasteiger partial charge in [0.1, 0.15) is 6.29 Å². The van der Waals surface area contributed by atoms with E-state index in [2.05, 4.69) is 4.98 Å². The molecule has 0 atom stereocenters. The highest BCUT2D eigenvalue weighted by Crippen LogP contribution is 2.22. The Bertz CT molecular complexity index is 485. The molecular weight excluding hydrogens is 222 g/mol. The highest BCUT2D eigenvalue weighted by molar-refractivity contribution is 7.20. The SMILES string of the molecule is O=CCCCC(=O)c1nc2ccccc2s1. The molecule has 1 aromatic heterocycles. The summed E-state index contributed by atoms with van der Waals surface area (Å²) in [6, 6.07) is 7.69. The minimum Gasteiger partial charge on any atom is -0.303 e. The highest BCUT2D eigenvalue weighted by Gasteiger charge is 2.11. The lowest BCUT2D eigenvalue weighted by Crippen LogP contribution is -1.97. The number of benzene rings is 1. The Hall–Kier alpha value is -1.55. The first-order valence-corrected chi connectivity index (χ1v) is 5.95. The van der Waals surface area contributed by atoms with Crippen LogP contribution in [-0.4, -0.2) is 17.1 Å². The molecule has 3 nitrogen and oxygen atoms in total. The first-order valence-electron chi connectivity index (χ1n) is 5.13. The van der Waals surface area contributed by atoms with Crippen molar-refractivity contribution in [2.75, 3.05) is 0 Å². The van der Waals surface area contributed by atoms with Crippen molar-refractivity contribution >= 4 is 33.6 Å². The molecule has 0 bridgehead atoms. The van der Waals surface area contributed by atoms with Gasteiger partial charge in [0.2, 0.25) is 0 Å². The molecule has 2 rings (SSSR count). The van der Waals surface area contributed by atoms with Crippen molar-refractivity contribution in [1.82, 2.24) is 4.98 Å². The number of unbranched alkanes of at least 4 members (excludes halogenated alkanes) is 1. The third-order valence-corrected chi connectivity index (χ3v) is 3.34. The topological polar surface area (TPSA) is 47.0 Å². The smallest absolute Gasteiger partial charge is 0.191 e. The van der Waals surface area contributed by atoms with Gasteiger partial charge in [-0.15, -0.1) is 11.3 Å². The second-order valence-corrected chi connectivity index (χ2v) is 4.50. The van der Waals surface area contributed by atoms with E-state index < -0.39 is 0 Å². The largest absolute Gasteiger partial charge is 0.303 e. The lowest BCUT2D eigenvalue weighted by molar-refractivity contribution is -0.107.